The van der Waals surface area contributed by atoms with E-state index in [0.717, 1.165) is 103 Å². The van der Waals surface area contributed by atoms with Gasteiger partial charge in [-0.2, -0.15) is 0 Å². The zero-order chi connectivity index (χ0) is 66.7. The van der Waals surface area contributed by atoms with Crippen molar-refractivity contribution in [2.24, 2.45) is 0 Å². The van der Waals surface area contributed by atoms with Crippen LogP contribution in [0, 0.1) is 20.8 Å². The molecule has 24 heteroatoms. The molecule has 1 aliphatic heterocycles. The fraction of sp³-hybridized carbons (Fsp3) is 0.243. The Bertz CT molecular complexity index is 5040. The summed E-state index contributed by atoms with van der Waals surface area (Å²) in [6, 6.07) is 35.6. The van der Waals surface area contributed by atoms with E-state index < -0.39 is 20.2 Å². The number of hydrogen-bond donors (Lipinski definition) is 5. The van der Waals surface area contributed by atoms with Crippen LogP contribution in [0.1, 0.15) is 90.7 Å². The first-order chi connectivity index (χ1) is 45.1. The molecule has 0 aliphatic carbocycles. The molecular weight excluding hydrogens is 1270 g/mol. The number of pyridine rings is 7. The second-order valence-electron chi connectivity index (χ2n) is 24.0. The van der Waals surface area contributed by atoms with Gasteiger partial charge in [0.1, 0.15) is 33.4 Å². The van der Waals surface area contributed by atoms with E-state index in [2.05, 4.69) is 182 Å². The van der Waals surface area contributed by atoms with Gasteiger partial charge in [-0.05, 0) is 156 Å². The molecule has 0 saturated heterocycles. The molecule has 7 N–H and O–H groups in total. The van der Waals surface area contributed by atoms with Gasteiger partial charge in [0.05, 0.1) is 60.0 Å². The molecule has 478 valence electrons. The Kier molecular flexibility index (Phi) is 18.9. The molecule has 94 heavy (non-hydrogen) atoms. The van der Waals surface area contributed by atoms with Gasteiger partial charge in [-0.1, -0.05) is 65.8 Å². The Morgan fingerprint density at radius 3 is 1.70 bits per heavy atom. The number of fused-ring (bicyclic) bond motifs is 6. The number of ether oxygens (including phenoxy) is 2. The number of aromatic nitrogens is 14. The topological polar surface area (TPSA) is 306 Å². The van der Waals surface area contributed by atoms with Gasteiger partial charge < -0.3 is 45.0 Å². The van der Waals surface area contributed by atoms with Crippen molar-refractivity contribution in [1.29, 1.82) is 0 Å². The lowest BCUT2D eigenvalue weighted by Gasteiger charge is -2.45. The third-order valence-corrected chi connectivity index (χ3v) is 24.4. The molecule has 0 atom stereocenters. The van der Waals surface area contributed by atoms with Crippen LogP contribution < -0.4 is 21.9 Å². The zero-order valence-corrected chi connectivity index (χ0v) is 56.7. The molecule has 0 spiro atoms. The molecule has 0 bridgehead atoms. The van der Waals surface area contributed by atoms with E-state index in [4.69, 9.17) is 26.2 Å². The van der Waals surface area contributed by atoms with Crippen molar-refractivity contribution in [3.05, 3.63) is 195 Å². The average molecular weight is 1340 g/mol. The summed E-state index contributed by atoms with van der Waals surface area (Å²) in [6.07, 6.45) is 9.48. The monoisotopic (exact) mass is 1340 g/mol. The predicted molar refractivity (Wildman–Crippen MR) is 376 cm³/mol. The van der Waals surface area contributed by atoms with E-state index in [1.165, 1.54) is 37.4 Å². The van der Waals surface area contributed by atoms with Crippen LogP contribution in [0.25, 0.3) is 88.9 Å². The summed E-state index contributed by atoms with van der Waals surface area (Å²) < 4.78 is 12.4. The summed E-state index contributed by atoms with van der Waals surface area (Å²) in [5.41, 5.74) is 30.2. The van der Waals surface area contributed by atoms with E-state index in [0.29, 0.717) is 55.0 Å². The second kappa shape index (κ2) is 27.3. The number of aryl methyl sites for hydroxylation is 3. The van der Waals surface area contributed by atoms with Gasteiger partial charge in [0.25, 0.3) is 5.56 Å². The highest BCUT2D eigenvalue weighted by Crippen LogP contribution is 2.45. The molecule has 0 saturated carbocycles. The van der Waals surface area contributed by atoms with Crippen molar-refractivity contribution in [2.75, 3.05) is 37.1 Å². The molecule has 13 aromatic rings. The third kappa shape index (κ3) is 13.1. The number of carbonyl (C=O) groups is 2. The number of H-pyrrole nitrogens is 3. The Morgan fingerprint density at radius 2 is 1.11 bits per heavy atom. The van der Waals surface area contributed by atoms with Crippen molar-refractivity contribution < 1.29 is 19.1 Å². The van der Waals surface area contributed by atoms with E-state index in [1.54, 1.807) is 36.8 Å². The lowest BCUT2D eigenvalue weighted by molar-refractivity contribution is 0.0586. The average Bonchev–Trinajstić information content (AvgIpc) is 1.51. The summed E-state index contributed by atoms with van der Waals surface area (Å²) in [6.45, 7) is 22.1. The maximum absolute atomic E-state index is 12.0. The number of anilines is 3. The smallest absolute Gasteiger partial charge is 0.358 e. The minimum atomic E-state index is -1.93. The second-order valence-corrected chi connectivity index (χ2v) is 30.5. The highest BCUT2D eigenvalue weighted by molar-refractivity contribution is 9.10. The summed E-state index contributed by atoms with van der Waals surface area (Å²) in [7, 11) is 0.673. The molecule has 1 aromatic carbocycles. The summed E-state index contributed by atoms with van der Waals surface area (Å²) in [5, 5.41) is 3.20. The summed E-state index contributed by atoms with van der Waals surface area (Å²) in [5.74, 6) is -0.186. The van der Waals surface area contributed by atoms with Crippen molar-refractivity contribution >= 4 is 108 Å². The Morgan fingerprint density at radius 1 is 0.585 bits per heavy atom. The number of nitrogen functional groups attached to an aromatic ring is 2. The number of benzene rings is 1. The number of nitrogens with one attached hydrogen (secondary N) is 3. The number of nitrogens with two attached hydrogens (primary N) is 2. The predicted octanol–water partition coefficient (Wildman–Crippen LogP) is 13.6. The first-order valence-corrected chi connectivity index (χ1v) is 33.7. The van der Waals surface area contributed by atoms with E-state index in [-0.39, 0.29) is 16.9 Å². The van der Waals surface area contributed by atoms with Crippen molar-refractivity contribution in [1.82, 2.24) is 69.0 Å². The number of halogens is 1. The zero-order valence-electron chi connectivity index (χ0n) is 54.1. The molecular formula is C70H72BrN17O5Si. The van der Waals surface area contributed by atoms with Gasteiger partial charge in [0.15, 0.2) is 31.0 Å². The van der Waals surface area contributed by atoms with Gasteiger partial charge >= 0.3 is 11.9 Å². The number of methoxy groups -OCH3 is 2. The maximum Gasteiger partial charge on any atom is 0.358 e. The summed E-state index contributed by atoms with van der Waals surface area (Å²) >= 11 is 3.12. The van der Waals surface area contributed by atoms with Gasteiger partial charge in [-0.3, -0.25) is 4.79 Å². The van der Waals surface area contributed by atoms with Crippen LogP contribution in [-0.4, -0.2) is 110 Å². The number of carbonyl (C=O) groups excluding carboxylic acids is 2. The molecule has 22 nitrogen and oxygen atoms in total. The number of aromatic amines is 3. The fourth-order valence-corrected chi connectivity index (χ4v) is 20.0. The highest BCUT2D eigenvalue weighted by Gasteiger charge is 2.47. The van der Waals surface area contributed by atoms with E-state index in [9.17, 15) is 14.4 Å². The van der Waals surface area contributed by atoms with Gasteiger partial charge in [-0.15, -0.1) is 0 Å². The Hall–Kier alpha value is -10.6. The molecule has 0 fully saturated rings. The van der Waals surface area contributed by atoms with Crippen molar-refractivity contribution in [3.63, 3.8) is 0 Å². The first kappa shape index (κ1) is 64.9. The fourth-order valence-electron chi connectivity index (χ4n) is 12.9. The SMILES string of the molecule is COC(=O)c1nc(-c2cnc3c(c2)cc(C)n3[Si](C(C)C)(C(C)C)C(C)C)ccc1N.COC(=O)c1nc(Br)ccc1N.Cc1cc2cc(-c3ccc4nc[nH]c(=O)c4n3)cnc2[nH]1.Cc1cc2cc(-c3ccc4ncnc(N5CCc6ccccc6C5)c4n3)cnc2[nH]1. The molecule has 0 unspecified atom stereocenters. The van der Waals surface area contributed by atoms with Crippen LogP contribution in [0.2, 0.25) is 16.6 Å². The van der Waals surface area contributed by atoms with E-state index >= 15 is 0 Å². The van der Waals surface area contributed by atoms with Crippen molar-refractivity contribution in [3.8, 4) is 33.8 Å². The standard InChI is InChI=1S/C24H20N6.C24H34N4O2Si.C15H11N5O.C7H7BrN2O2/c1-15-10-18-11-19(12-25-23(18)28-15)20-6-7-21-22(29-20)24(27-14-26-21)30-9-8-16-4-2-3-5-17(16)13-30;1-14(2)31(15(3)4,16(5)6)28-17(7)11-18-12-19(13-26-23(18)28)21-10-9-20(25)22(27-21)24(29)30-8;1-8-4-9-5-10(6-16-14(9)19-8)11-2-3-12-13(20-11)15(21)18-7-17-12;1-12-7(11)6-4(9)2-3-5(8)10-6/h2-7,10-12,14H,8-9,13H2,1H3,(H,25,28);9-16H,25H2,1-8H3;2-7H,1H3,(H,16,19)(H,17,18,21);2-3H,9H2,1H3. The van der Waals surface area contributed by atoms with Crippen LogP contribution >= 0.6 is 15.9 Å². The molecule has 1 aliphatic rings. The number of esters is 2. The Labute approximate surface area is 551 Å². The third-order valence-electron chi connectivity index (χ3n) is 17.0. The molecule has 0 amide bonds. The highest BCUT2D eigenvalue weighted by atomic mass is 79.9. The normalized spacial score (nSPS) is 12.2. The maximum atomic E-state index is 12.0. The van der Waals surface area contributed by atoms with Crippen LogP contribution in [0.15, 0.2) is 150 Å². The molecule has 14 rings (SSSR count). The number of nitrogens with zero attached hydrogens (tertiary/aromatic N) is 12. The van der Waals surface area contributed by atoms with Crippen molar-refractivity contribution in [2.45, 2.75) is 91.9 Å². The molecule has 0 radical (unpaired) electrons. The van der Waals surface area contributed by atoms with Crippen LogP contribution in [-0.2, 0) is 22.4 Å². The summed E-state index contributed by atoms with van der Waals surface area (Å²) in [4.78, 5) is 90.8. The number of hydrogen-bond acceptors (Lipinski definition) is 18. The van der Waals surface area contributed by atoms with Crippen LogP contribution in [0.4, 0.5) is 17.2 Å². The quantitative estimate of drug-likeness (QED) is 0.0483. The van der Waals surface area contributed by atoms with Crippen LogP contribution in [0.5, 0.6) is 0 Å². The van der Waals surface area contributed by atoms with Gasteiger partial charge in [0, 0.05) is 81.6 Å². The number of rotatable bonds is 10. The van der Waals surface area contributed by atoms with Crippen LogP contribution in [0.3, 0.4) is 0 Å². The largest absolute Gasteiger partial charge is 0.464 e. The first-order valence-electron chi connectivity index (χ1n) is 30.7. The minimum absolute atomic E-state index is 0.125. The lowest BCUT2D eigenvalue weighted by Crippen LogP contribution is -2.52. The molecule has 12 aromatic heterocycles. The molecule has 13 heterocycles. The minimum Gasteiger partial charge on any atom is -0.464 e. The van der Waals surface area contributed by atoms with E-state index in [1.807, 2.05) is 62.6 Å². The lowest BCUT2D eigenvalue weighted by atomic mass is 10.00. The van der Waals surface area contributed by atoms with Gasteiger partial charge in [0.2, 0.25) is 0 Å². The van der Waals surface area contributed by atoms with Gasteiger partial charge in [-0.25, -0.2) is 59.4 Å². The Balaban J connectivity index is 0.000000134.